The summed E-state index contributed by atoms with van der Waals surface area (Å²) in [5, 5.41) is 9.51. The molecule has 0 heterocycles. The molecule has 0 aliphatic rings. The molecule has 0 bridgehead atoms. The van der Waals surface area contributed by atoms with Crippen molar-refractivity contribution in [3.8, 4) is 0 Å². The van der Waals surface area contributed by atoms with Gasteiger partial charge in [0.1, 0.15) is 6.61 Å². The van der Waals surface area contributed by atoms with E-state index in [1.807, 2.05) is 12.2 Å². The molecule has 5 heteroatoms. The van der Waals surface area contributed by atoms with Crippen LogP contribution in [0.4, 0.5) is 0 Å². The van der Waals surface area contributed by atoms with Gasteiger partial charge in [-0.15, -0.1) is 0 Å². The molecule has 0 aliphatic heterocycles. The molecular weight excluding hydrogens is 572 g/mol. The number of rotatable bonds is 31. The number of unbranched alkanes of at least 4 members (excludes halogenated alkanes) is 9. The Hall–Kier alpha value is -2.92. The van der Waals surface area contributed by atoms with Gasteiger partial charge in [-0.1, -0.05) is 137 Å². The third-order valence-corrected chi connectivity index (χ3v) is 7.19. The zero-order valence-electron chi connectivity index (χ0n) is 29.3. The van der Waals surface area contributed by atoms with Gasteiger partial charge in [0.25, 0.3) is 0 Å². The number of aliphatic hydroxyl groups is 1. The van der Waals surface area contributed by atoms with E-state index in [4.69, 9.17) is 9.47 Å². The number of ether oxygens (including phenoxy) is 2. The first-order valence-electron chi connectivity index (χ1n) is 18.1. The Kier molecular flexibility index (Phi) is 34.2. The predicted octanol–water partition coefficient (Wildman–Crippen LogP) is 11.2. The zero-order chi connectivity index (χ0) is 33.6. The molecule has 0 fully saturated rings. The second-order valence-electron chi connectivity index (χ2n) is 11.6. The monoisotopic (exact) mass is 638 g/mol. The fourth-order valence-electron chi connectivity index (χ4n) is 4.45. The normalized spacial score (nSPS) is 13.2. The molecule has 0 aromatic heterocycles. The quantitative estimate of drug-likeness (QED) is 0.0465. The van der Waals surface area contributed by atoms with Crippen molar-refractivity contribution in [1.29, 1.82) is 0 Å². The molecule has 5 nitrogen and oxygen atoms in total. The van der Waals surface area contributed by atoms with E-state index in [0.717, 1.165) is 64.2 Å². The maximum atomic E-state index is 12.1. The van der Waals surface area contributed by atoms with E-state index < -0.39 is 12.1 Å². The summed E-state index contributed by atoms with van der Waals surface area (Å²) in [6.45, 7) is 3.91. The van der Waals surface area contributed by atoms with Crippen molar-refractivity contribution in [2.75, 3.05) is 13.2 Å². The van der Waals surface area contributed by atoms with Crippen molar-refractivity contribution in [1.82, 2.24) is 0 Å². The lowest BCUT2D eigenvalue weighted by atomic mass is 10.1. The lowest BCUT2D eigenvalue weighted by Gasteiger charge is -2.15. The summed E-state index contributed by atoms with van der Waals surface area (Å²) in [6.07, 6.45) is 49.3. The summed E-state index contributed by atoms with van der Waals surface area (Å²) in [5.41, 5.74) is 0. The molecule has 0 aromatic carbocycles. The Bertz CT molecular complexity index is 906. The van der Waals surface area contributed by atoms with Gasteiger partial charge >= 0.3 is 11.9 Å². The fraction of sp³-hybridized carbons (Fsp3) is 0.610. The van der Waals surface area contributed by atoms with Gasteiger partial charge in [-0.25, -0.2) is 0 Å². The van der Waals surface area contributed by atoms with Gasteiger partial charge in [0.2, 0.25) is 0 Å². The molecule has 1 atom stereocenters. The summed E-state index contributed by atoms with van der Waals surface area (Å²) in [7, 11) is 0. The van der Waals surface area contributed by atoms with Crippen LogP contribution in [0.25, 0.3) is 0 Å². The number of allylic oxidation sites excluding steroid dienone is 14. The van der Waals surface area contributed by atoms with Crippen LogP contribution in [0.1, 0.15) is 142 Å². The first-order valence-corrected chi connectivity index (χ1v) is 18.1. The fourth-order valence-corrected chi connectivity index (χ4v) is 4.45. The summed E-state index contributed by atoms with van der Waals surface area (Å²) in [5.74, 6) is -0.709. The summed E-state index contributed by atoms with van der Waals surface area (Å²) in [4.78, 5) is 24.1. The van der Waals surface area contributed by atoms with Crippen molar-refractivity contribution < 1.29 is 24.2 Å². The van der Waals surface area contributed by atoms with Gasteiger partial charge in [-0.05, 0) is 77.0 Å². The Labute approximate surface area is 282 Å². The second kappa shape index (κ2) is 36.5. The SMILES string of the molecule is CC/C=C\C/C=C\C/C=C\C/C=C\C/C=C\C/C=C\CCC(=O)OC(CO)COC(=O)CCCCCCC/C=C\CCCCCC. The van der Waals surface area contributed by atoms with Crippen LogP contribution in [-0.2, 0) is 19.1 Å². The number of hydrogen-bond acceptors (Lipinski definition) is 5. The highest BCUT2D eigenvalue weighted by atomic mass is 16.6. The van der Waals surface area contributed by atoms with Crippen LogP contribution in [0.15, 0.2) is 85.1 Å². The largest absolute Gasteiger partial charge is 0.462 e. The second-order valence-corrected chi connectivity index (χ2v) is 11.6. The zero-order valence-corrected chi connectivity index (χ0v) is 29.3. The van der Waals surface area contributed by atoms with Crippen LogP contribution in [0.2, 0.25) is 0 Å². The van der Waals surface area contributed by atoms with Crippen LogP contribution in [0.5, 0.6) is 0 Å². The molecule has 0 saturated carbocycles. The van der Waals surface area contributed by atoms with Gasteiger partial charge in [0, 0.05) is 12.8 Å². The summed E-state index contributed by atoms with van der Waals surface area (Å²) in [6, 6.07) is 0. The standard InChI is InChI=1S/C41H66O5/c1-3-5-7-9-11-13-15-17-18-19-20-21-22-24-26-28-30-32-34-36-41(44)46-39(37-42)38-45-40(43)35-33-31-29-27-25-23-16-14-12-10-8-6-4-2/h5,7,11,13-14,16-18,20-21,24,26,30,32,39,42H,3-4,6,8-10,12,15,19,22-23,25,27-29,31,33-38H2,1-2H3/b7-5-,13-11-,16-14-,18-17-,21-20-,26-24-,32-30-. The van der Waals surface area contributed by atoms with Crippen LogP contribution in [-0.4, -0.2) is 36.4 Å². The molecule has 0 spiro atoms. The van der Waals surface area contributed by atoms with Gasteiger partial charge in [0.05, 0.1) is 6.61 Å². The molecule has 0 aromatic rings. The van der Waals surface area contributed by atoms with E-state index in [0.29, 0.717) is 12.8 Å². The van der Waals surface area contributed by atoms with Gasteiger partial charge in [-0.3, -0.25) is 9.59 Å². The molecule has 0 aliphatic carbocycles. The minimum Gasteiger partial charge on any atom is -0.462 e. The Morgan fingerprint density at radius 2 is 0.978 bits per heavy atom. The van der Waals surface area contributed by atoms with Gasteiger partial charge < -0.3 is 14.6 Å². The summed E-state index contributed by atoms with van der Waals surface area (Å²) >= 11 is 0. The molecule has 1 unspecified atom stereocenters. The van der Waals surface area contributed by atoms with E-state index in [1.54, 1.807) is 0 Å². The Morgan fingerprint density at radius 1 is 0.522 bits per heavy atom. The average Bonchev–Trinajstić information content (AvgIpc) is 3.06. The van der Waals surface area contributed by atoms with Crippen LogP contribution < -0.4 is 0 Å². The number of esters is 2. The van der Waals surface area contributed by atoms with Crippen molar-refractivity contribution in [2.24, 2.45) is 0 Å². The third kappa shape index (κ3) is 34.0. The Morgan fingerprint density at radius 3 is 1.50 bits per heavy atom. The van der Waals surface area contributed by atoms with Gasteiger partial charge in [-0.2, -0.15) is 0 Å². The van der Waals surface area contributed by atoms with Crippen molar-refractivity contribution in [3.05, 3.63) is 85.1 Å². The molecule has 0 rings (SSSR count). The lowest BCUT2D eigenvalue weighted by molar-refractivity contribution is -0.161. The third-order valence-electron chi connectivity index (χ3n) is 7.19. The highest BCUT2D eigenvalue weighted by Crippen LogP contribution is 2.10. The van der Waals surface area contributed by atoms with E-state index in [9.17, 15) is 14.7 Å². The minimum atomic E-state index is -0.818. The highest BCUT2D eigenvalue weighted by Gasteiger charge is 2.15. The molecule has 0 radical (unpaired) electrons. The van der Waals surface area contributed by atoms with E-state index >= 15 is 0 Å². The highest BCUT2D eigenvalue weighted by molar-refractivity contribution is 5.70. The lowest BCUT2D eigenvalue weighted by Crippen LogP contribution is -2.28. The van der Waals surface area contributed by atoms with E-state index in [2.05, 4.69) is 86.8 Å². The average molecular weight is 639 g/mol. The minimum absolute atomic E-state index is 0.105. The van der Waals surface area contributed by atoms with Crippen molar-refractivity contribution in [3.63, 3.8) is 0 Å². The van der Waals surface area contributed by atoms with E-state index in [-0.39, 0.29) is 25.6 Å². The molecule has 46 heavy (non-hydrogen) atoms. The maximum absolute atomic E-state index is 12.1. The van der Waals surface area contributed by atoms with Crippen LogP contribution in [0.3, 0.4) is 0 Å². The maximum Gasteiger partial charge on any atom is 0.306 e. The number of carbonyl (C=O) groups is 2. The topological polar surface area (TPSA) is 72.8 Å². The molecule has 0 saturated heterocycles. The molecule has 260 valence electrons. The van der Waals surface area contributed by atoms with Gasteiger partial charge in [0.15, 0.2) is 6.10 Å². The van der Waals surface area contributed by atoms with Crippen molar-refractivity contribution in [2.45, 2.75) is 148 Å². The van der Waals surface area contributed by atoms with Crippen molar-refractivity contribution >= 4 is 11.9 Å². The number of aliphatic hydroxyl groups excluding tert-OH is 1. The first-order chi connectivity index (χ1) is 22.6. The molecule has 0 amide bonds. The first kappa shape index (κ1) is 43.1. The van der Waals surface area contributed by atoms with Crippen LogP contribution >= 0.6 is 0 Å². The number of hydrogen-bond donors (Lipinski definition) is 1. The summed E-state index contributed by atoms with van der Waals surface area (Å²) < 4.78 is 10.5. The van der Waals surface area contributed by atoms with Crippen LogP contribution in [0, 0.1) is 0 Å². The number of carbonyl (C=O) groups excluding carboxylic acids is 2. The predicted molar refractivity (Wildman–Crippen MR) is 196 cm³/mol. The Balaban J connectivity index is 3.77. The smallest absolute Gasteiger partial charge is 0.306 e. The molecule has 1 N–H and O–H groups in total. The molecular formula is C41H66O5. The van der Waals surface area contributed by atoms with E-state index in [1.165, 1.54) is 44.9 Å².